The van der Waals surface area contributed by atoms with E-state index in [1.807, 2.05) is 0 Å². The van der Waals surface area contributed by atoms with Crippen LogP contribution in [0, 0.1) is 0 Å². The maximum Gasteiger partial charge on any atom is 4.00 e. The van der Waals surface area contributed by atoms with Crippen LogP contribution in [0.4, 0.5) is 0 Å². The van der Waals surface area contributed by atoms with E-state index in [4.69, 9.17) is 0 Å². The summed E-state index contributed by atoms with van der Waals surface area (Å²) in [4.78, 5) is 0. The molecule has 0 aromatic heterocycles. The van der Waals surface area contributed by atoms with E-state index in [-0.39, 0.29) is 82.1 Å². The van der Waals surface area contributed by atoms with Gasteiger partial charge in [-0.1, -0.05) is 0 Å². The average molecular weight is 218 g/mol. The fourth-order valence-corrected chi connectivity index (χ4v) is 0. The first-order valence-electron chi connectivity index (χ1n) is 0. The Bertz CT molecular complexity index is 8.49. The standard InChI is InChI=1S/Mg.6H2O.Zr/h;6*1H2;/q+2;;;;;;;+4/p-6. The second kappa shape index (κ2) is 232. The molecule has 0 aromatic carbocycles. The maximum absolute atomic E-state index is 0. The van der Waals surface area contributed by atoms with Crippen LogP contribution in [-0.4, -0.2) is 55.9 Å². The molecule has 8 heavy (non-hydrogen) atoms. The molecule has 8 heteroatoms. The summed E-state index contributed by atoms with van der Waals surface area (Å²) in [6.45, 7) is 0. The number of hydrogen-bond donors (Lipinski definition) is 0. The second-order valence-electron chi connectivity index (χ2n) is 0. The van der Waals surface area contributed by atoms with Gasteiger partial charge in [0.05, 0.1) is 0 Å². The monoisotopic (exact) mass is 216 g/mol. The Kier molecular flexibility index (Phi) is 9730. The van der Waals surface area contributed by atoms with Gasteiger partial charge >= 0.3 is 49.3 Å². The van der Waals surface area contributed by atoms with E-state index in [2.05, 4.69) is 0 Å². The van der Waals surface area contributed by atoms with Crippen LogP contribution in [0.15, 0.2) is 0 Å². The third-order valence-corrected chi connectivity index (χ3v) is 0. The molecule has 48 valence electrons. The molecule has 0 bridgehead atoms. The molecule has 6 N–H and O–H groups in total. The smallest absolute Gasteiger partial charge is 0.870 e. The molecule has 0 aliphatic heterocycles. The summed E-state index contributed by atoms with van der Waals surface area (Å²) in [7, 11) is 0. The Balaban J connectivity index is 0. The zero-order valence-corrected chi connectivity index (χ0v) is 7.76. The third-order valence-electron chi connectivity index (χ3n) is 0. The largest absolute Gasteiger partial charge is 4.00 e. The van der Waals surface area contributed by atoms with Crippen molar-refractivity contribution in [2.75, 3.05) is 0 Å². The van der Waals surface area contributed by atoms with E-state index >= 15 is 0 Å². The van der Waals surface area contributed by atoms with Crippen molar-refractivity contribution >= 4 is 23.1 Å². The fourth-order valence-electron chi connectivity index (χ4n) is 0. The maximum atomic E-state index is 0. The van der Waals surface area contributed by atoms with Gasteiger partial charge in [-0.2, -0.15) is 0 Å². The summed E-state index contributed by atoms with van der Waals surface area (Å²) < 4.78 is 0. The van der Waals surface area contributed by atoms with Crippen molar-refractivity contribution in [3.63, 3.8) is 0 Å². The van der Waals surface area contributed by atoms with Crippen LogP contribution >= 0.6 is 0 Å². The average Bonchev–Trinajstić information content (AvgIpc) is 0. The van der Waals surface area contributed by atoms with Crippen LogP contribution in [0.3, 0.4) is 0 Å². The van der Waals surface area contributed by atoms with Crippen LogP contribution in [0.25, 0.3) is 0 Å². The van der Waals surface area contributed by atoms with Crippen molar-refractivity contribution in [3.8, 4) is 0 Å². The molecular weight excluding hydrogens is 212 g/mol. The number of rotatable bonds is 0. The van der Waals surface area contributed by atoms with E-state index in [9.17, 15) is 0 Å². The normalized spacial score (nSPS) is 0. The predicted octanol–water partition coefficient (Wildman–Crippen LogP) is -1.44. The van der Waals surface area contributed by atoms with Gasteiger partial charge in [-0.25, -0.2) is 0 Å². The SMILES string of the molecule is [Mg+2].[OH-].[OH-].[OH-].[OH-].[OH-].[OH-].[Zr+4]. The minimum Gasteiger partial charge on any atom is -0.870 e. The molecule has 0 unspecified atom stereocenters. The van der Waals surface area contributed by atoms with Gasteiger partial charge in [-0.3, -0.25) is 0 Å². The summed E-state index contributed by atoms with van der Waals surface area (Å²) in [6, 6.07) is 0. The summed E-state index contributed by atoms with van der Waals surface area (Å²) in [5, 5.41) is 0. The van der Waals surface area contributed by atoms with Gasteiger partial charge in [0.15, 0.2) is 0 Å². The van der Waals surface area contributed by atoms with Gasteiger partial charge in [-0.15, -0.1) is 0 Å². The van der Waals surface area contributed by atoms with Crippen molar-refractivity contribution in [1.29, 1.82) is 0 Å². The van der Waals surface area contributed by atoms with Gasteiger partial charge < -0.3 is 32.9 Å². The van der Waals surface area contributed by atoms with E-state index in [0.29, 0.717) is 0 Å². The molecular formula is H6MgO6Zr. The predicted molar refractivity (Wildman–Crippen MR) is 17.4 cm³/mol. The first kappa shape index (κ1) is 335. The van der Waals surface area contributed by atoms with Gasteiger partial charge in [0, 0.05) is 0 Å². The van der Waals surface area contributed by atoms with E-state index in [1.165, 1.54) is 0 Å². The molecule has 0 heterocycles. The molecule has 0 radical (unpaired) electrons. The summed E-state index contributed by atoms with van der Waals surface area (Å²) in [5.74, 6) is 0. The molecule has 0 spiro atoms. The van der Waals surface area contributed by atoms with E-state index < -0.39 is 0 Å². The summed E-state index contributed by atoms with van der Waals surface area (Å²) >= 11 is 0. The Morgan fingerprint density at radius 1 is 0.375 bits per heavy atom. The summed E-state index contributed by atoms with van der Waals surface area (Å²) in [6.07, 6.45) is 0. The van der Waals surface area contributed by atoms with Crippen molar-refractivity contribution < 1.29 is 59.1 Å². The van der Waals surface area contributed by atoms with Gasteiger partial charge in [0.1, 0.15) is 0 Å². The minimum absolute atomic E-state index is 0. The van der Waals surface area contributed by atoms with Gasteiger partial charge in [0.2, 0.25) is 0 Å². The molecule has 0 rings (SSSR count). The van der Waals surface area contributed by atoms with Crippen LogP contribution < -0.4 is 0 Å². The molecule has 0 saturated heterocycles. The fraction of sp³-hybridized carbons (Fsp3) is 0. The van der Waals surface area contributed by atoms with Gasteiger partial charge in [-0.05, 0) is 0 Å². The van der Waals surface area contributed by atoms with E-state index in [1.54, 1.807) is 0 Å². The Morgan fingerprint density at radius 2 is 0.375 bits per heavy atom. The Labute approximate surface area is 81.8 Å². The minimum atomic E-state index is 0. The van der Waals surface area contributed by atoms with Gasteiger partial charge in [0.25, 0.3) is 0 Å². The van der Waals surface area contributed by atoms with Crippen LogP contribution in [0.2, 0.25) is 0 Å². The van der Waals surface area contributed by atoms with Crippen molar-refractivity contribution in [1.82, 2.24) is 0 Å². The first-order chi connectivity index (χ1) is 0. The van der Waals surface area contributed by atoms with Crippen LogP contribution in [0.1, 0.15) is 0 Å². The Hall–Kier alpha value is 1.41. The number of hydrogen-bond acceptors (Lipinski definition) is 6. The summed E-state index contributed by atoms with van der Waals surface area (Å²) in [5.41, 5.74) is 0. The molecule has 0 saturated carbocycles. The van der Waals surface area contributed by atoms with Crippen LogP contribution in [-0.2, 0) is 26.2 Å². The van der Waals surface area contributed by atoms with Crippen molar-refractivity contribution in [2.24, 2.45) is 0 Å². The third kappa shape index (κ3) is 153. The molecule has 0 atom stereocenters. The zero-order chi connectivity index (χ0) is 0. The van der Waals surface area contributed by atoms with Crippen molar-refractivity contribution in [3.05, 3.63) is 0 Å². The van der Waals surface area contributed by atoms with Crippen LogP contribution in [0.5, 0.6) is 0 Å². The molecule has 0 aliphatic rings. The second-order valence-corrected chi connectivity index (χ2v) is 0. The Morgan fingerprint density at radius 3 is 0.375 bits per heavy atom. The molecule has 0 aliphatic carbocycles. The quantitative estimate of drug-likeness (QED) is 0.447. The zero-order valence-electron chi connectivity index (χ0n) is 3.89. The molecule has 0 aromatic rings. The molecule has 6 nitrogen and oxygen atoms in total. The topological polar surface area (TPSA) is 180 Å². The molecule has 0 fully saturated rings. The molecule has 0 amide bonds. The first-order valence-corrected chi connectivity index (χ1v) is 0. The van der Waals surface area contributed by atoms with Crippen molar-refractivity contribution in [2.45, 2.75) is 0 Å². The van der Waals surface area contributed by atoms with E-state index in [0.717, 1.165) is 0 Å².